The molecule has 1 aliphatic heterocycles. The predicted molar refractivity (Wildman–Crippen MR) is 118 cm³/mol. The van der Waals surface area contributed by atoms with Gasteiger partial charge in [-0.05, 0) is 17.7 Å². The molecule has 1 N–H and O–H groups in total. The molecule has 8 heteroatoms. The number of nitrogens with one attached hydrogen (secondary N) is 1. The fourth-order valence-corrected chi connectivity index (χ4v) is 3.77. The normalized spacial score (nSPS) is 14.9. The van der Waals surface area contributed by atoms with Crippen molar-refractivity contribution in [3.8, 4) is 17.2 Å². The summed E-state index contributed by atoms with van der Waals surface area (Å²) in [5.41, 5.74) is 1.81. The smallest absolute Gasteiger partial charge is 0.238 e. The Morgan fingerprint density at radius 3 is 2.17 bits per heavy atom. The number of nitrogens with zero attached hydrogens (tertiary/aromatic N) is 2. The van der Waals surface area contributed by atoms with Crippen LogP contribution in [-0.4, -0.2) is 69.8 Å². The van der Waals surface area contributed by atoms with E-state index in [0.29, 0.717) is 29.5 Å². The summed E-state index contributed by atoms with van der Waals surface area (Å²) < 4.78 is 16.0. The average molecular weight is 434 g/mol. The fourth-order valence-electron chi connectivity index (χ4n) is 3.56. The number of rotatable bonds is 8. The molecule has 3 rings (SSSR count). The second-order valence-electron chi connectivity index (χ2n) is 7.14. The van der Waals surface area contributed by atoms with Crippen LogP contribution in [0.4, 0.5) is 5.69 Å². The number of methoxy groups -OCH3 is 3. The second-order valence-corrected chi connectivity index (χ2v) is 7.58. The molecule has 0 spiro atoms. The first-order valence-electron chi connectivity index (χ1n) is 9.81. The maximum absolute atomic E-state index is 12.6. The highest BCUT2D eigenvalue weighted by Gasteiger charge is 2.20. The summed E-state index contributed by atoms with van der Waals surface area (Å²) in [6.45, 7) is 4.69. The van der Waals surface area contributed by atoms with Gasteiger partial charge in [0, 0.05) is 55.6 Å². The Labute approximate surface area is 182 Å². The zero-order valence-electron chi connectivity index (χ0n) is 17.6. The maximum atomic E-state index is 12.6. The Morgan fingerprint density at radius 2 is 1.60 bits per heavy atom. The van der Waals surface area contributed by atoms with Crippen LogP contribution in [0.5, 0.6) is 17.2 Å². The summed E-state index contributed by atoms with van der Waals surface area (Å²) >= 11 is 6.07. The van der Waals surface area contributed by atoms with Crippen LogP contribution in [0, 0.1) is 0 Å². The Balaban J connectivity index is 1.51. The minimum atomic E-state index is -0.0763. The van der Waals surface area contributed by atoms with Crippen molar-refractivity contribution in [1.29, 1.82) is 0 Å². The van der Waals surface area contributed by atoms with Crippen LogP contribution in [0.25, 0.3) is 0 Å². The second kappa shape index (κ2) is 10.5. The standard InChI is InChI=1S/C22H28ClN3O4/c1-28-19-12-18(13-20(29-2)22(19)30-3)24-21(27)15-26-9-7-25(8-10-26)14-16-5-4-6-17(23)11-16/h4-6,11-13H,7-10,14-15H2,1-3H3,(H,24,27). The molecule has 0 atom stereocenters. The SMILES string of the molecule is COc1cc(NC(=O)CN2CCN(Cc3cccc(Cl)c3)CC2)cc(OC)c1OC. The van der Waals surface area contributed by atoms with Crippen LogP contribution in [-0.2, 0) is 11.3 Å². The van der Waals surface area contributed by atoms with E-state index in [2.05, 4.69) is 21.2 Å². The number of piperazine rings is 1. The molecule has 1 heterocycles. The first-order valence-corrected chi connectivity index (χ1v) is 10.2. The largest absolute Gasteiger partial charge is 0.493 e. The summed E-state index contributed by atoms with van der Waals surface area (Å²) in [4.78, 5) is 17.1. The molecule has 0 saturated carbocycles. The third kappa shape index (κ3) is 5.78. The highest BCUT2D eigenvalue weighted by Crippen LogP contribution is 2.39. The topological polar surface area (TPSA) is 63.3 Å². The molecule has 1 amide bonds. The van der Waals surface area contributed by atoms with E-state index in [9.17, 15) is 4.79 Å². The van der Waals surface area contributed by atoms with E-state index in [0.717, 1.165) is 37.7 Å². The summed E-state index contributed by atoms with van der Waals surface area (Å²) in [5, 5.41) is 3.68. The molecule has 2 aromatic carbocycles. The van der Waals surface area contributed by atoms with Crippen molar-refractivity contribution in [2.45, 2.75) is 6.54 Å². The quantitative estimate of drug-likeness (QED) is 0.690. The van der Waals surface area contributed by atoms with Gasteiger partial charge in [-0.1, -0.05) is 23.7 Å². The molecule has 30 heavy (non-hydrogen) atoms. The lowest BCUT2D eigenvalue weighted by molar-refractivity contribution is -0.117. The van der Waals surface area contributed by atoms with Crippen LogP contribution in [0.3, 0.4) is 0 Å². The number of carbonyl (C=O) groups excluding carboxylic acids is 1. The van der Waals surface area contributed by atoms with Crippen LogP contribution in [0.1, 0.15) is 5.56 Å². The zero-order chi connectivity index (χ0) is 21.5. The van der Waals surface area contributed by atoms with E-state index in [1.165, 1.54) is 5.56 Å². The van der Waals surface area contributed by atoms with Crippen LogP contribution in [0.2, 0.25) is 5.02 Å². The third-order valence-corrected chi connectivity index (χ3v) is 5.31. The zero-order valence-corrected chi connectivity index (χ0v) is 18.4. The monoisotopic (exact) mass is 433 g/mol. The van der Waals surface area contributed by atoms with Gasteiger partial charge < -0.3 is 19.5 Å². The van der Waals surface area contributed by atoms with Crippen molar-refractivity contribution in [1.82, 2.24) is 9.80 Å². The molecular weight excluding hydrogens is 406 g/mol. The van der Waals surface area contributed by atoms with Gasteiger partial charge in [-0.15, -0.1) is 0 Å². The number of halogens is 1. The Hall–Kier alpha value is -2.48. The maximum Gasteiger partial charge on any atom is 0.238 e. The molecular formula is C22H28ClN3O4. The number of carbonyl (C=O) groups is 1. The van der Waals surface area contributed by atoms with Crippen LogP contribution in [0.15, 0.2) is 36.4 Å². The van der Waals surface area contributed by atoms with E-state index < -0.39 is 0 Å². The Morgan fingerprint density at radius 1 is 0.967 bits per heavy atom. The van der Waals surface area contributed by atoms with Crippen LogP contribution < -0.4 is 19.5 Å². The van der Waals surface area contributed by atoms with Crippen molar-refractivity contribution in [3.05, 3.63) is 47.0 Å². The van der Waals surface area contributed by atoms with Gasteiger partial charge in [0.15, 0.2) is 11.5 Å². The molecule has 0 aromatic heterocycles. The molecule has 162 valence electrons. The predicted octanol–water partition coefficient (Wildman–Crippen LogP) is 3.12. The average Bonchev–Trinajstić information content (AvgIpc) is 2.74. The lowest BCUT2D eigenvalue weighted by Gasteiger charge is -2.34. The van der Waals surface area contributed by atoms with Crippen molar-refractivity contribution < 1.29 is 19.0 Å². The van der Waals surface area contributed by atoms with Crippen molar-refractivity contribution in [2.75, 3.05) is 59.4 Å². The lowest BCUT2D eigenvalue weighted by atomic mass is 10.2. The number of benzene rings is 2. The molecule has 1 saturated heterocycles. The number of anilines is 1. The van der Waals surface area contributed by atoms with Gasteiger partial charge in [0.25, 0.3) is 0 Å². The van der Waals surface area contributed by atoms with E-state index >= 15 is 0 Å². The third-order valence-electron chi connectivity index (χ3n) is 5.08. The van der Waals surface area contributed by atoms with E-state index in [-0.39, 0.29) is 5.91 Å². The van der Waals surface area contributed by atoms with Crippen LogP contribution >= 0.6 is 11.6 Å². The highest BCUT2D eigenvalue weighted by atomic mass is 35.5. The first kappa shape index (κ1) is 22.2. The molecule has 1 fully saturated rings. The number of hydrogen-bond donors (Lipinski definition) is 1. The molecule has 0 bridgehead atoms. The first-order chi connectivity index (χ1) is 14.5. The lowest BCUT2D eigenvalue weighted by Crippen LogP contribution is -2.48. The van der Waals surface area contributed by atoms with Gasteiger partial charge in [0.1, 0.15) is 0 Å². The Kier molecular flexibility index (Phi) is 7.79. The van der Waals surface area contributed by atoms with Gasteiger partial charge in [-0.2, -0.15) is 0 Å². The highest BCUT2D eigenvalue weighted by molar-refractivity contribution is 6.30. The van der Waals surface area contributed by atoms with Crippen molar-refractivity contribution in [3.63, 3.8) is 0 Å². The van der Waals surface area contributed by atoms with Gasteiger partial charge in [0.2, 0.25) is 11.7 Å². The molecule has 7 nitrogen and oxygen atoms in total. The van der Waals surface area contributed by atoms with Gasteiger partial charge in [0.05, 0.1) is 27.9 Å². The van der Waals surface area contributed by atoms with Gasteiger partial charge >= 0.3 is 0 Å². The van der Waals surface area contributed by atoms with Crippen molar-refractivity contribution in [2.24, 2.45) is 0 Å². The minimum absolute atomic E-state index is 0.0763. The Bertz CT molecular complexity index is 844. The van der Waals surface area contributed by atoms with Crippen molar-refractivity contribution >= 4 is 23.2 Å². The number of amides is 1. The number of hydrogen-bond acceptors (Lipinski definition) is 6. The molecule has 0 radical (unpaired) electrons. The van der Waals surface area contributed by atoms with E-state index in [1.807, 2.05) is 18.2 Å². The molecule has 0 unspecified atom stereocenters. The fraction of sp³-hybridized carbons (Fsp3) is 0.409. The van der Waals surface area contributed by atoms with Gasteiger partial charge in [-0.3, -0.25) is 14.6 Å². The van der Waals surface area contributed by atoms with Gasteiger partial charge in [-0.25, -0.2) is 0 Å². The molecule has 0 aliphatic carbocycles. The molecule has 1 aliphatic rings. The summed E-state index contributed by atoms with van der Waals surface area (Å²) in [6.07, 6.45) is 0. The summed E-state index contributed by atoms with van der Waals surface area (Å²) in [6, 6.07) is 11.4. The van der Waals surface area contributed by atoms with E-state index in [1.54, 1.807) is 33.5 Å². The summed E-state index contributed by atoms with van der Waals surface area (Å²) in [5.74, 6) is 1.42. The number of ether oxygens (including phenoxy) is 3. The summed E-state index contributed by atoms with van der Waals surface area (Å²) in [7, 11) is 4.64. The molecule has 2 aromatic rings. The minimum Gasteiger partial charge on any atom is -0.493 e. The van der Waals surface area contributed by atoms with E-state index in [4.69, 9.17) is 25.8 Å².